The van der Waals surface area contributed by atoms with Crippen molar-refractivity contribution in [2.45, 2.75) is 12.2 Å². The summed E-state index contributed by atoms with van der Waals surface area (Å²) in [4.78, 5) is 16.8. The van der Waals surface area contributed by atoms with Gasteiger partial charge in [0.05, 0.1) is 34.5 Å². The monoisotopic (exact) mass is 586 g/mol. The molecule has 4 aromatic rings. The van der Waals surface area contributed by atoms with E-state index in [9.17, 15) is 18.0 Å². The number of carbonyl (C=O) groups excluding carboxylic acids is 1. The number of nitrogens with zero attached hydrogens (tertiary/aromatic N) is 6. The number of nitrogens with one attached hydrogen (secondary N) is 1. The summed E-state index contributed by atoms with van der Waals surface area (Å²) in [7, 11) is 1.87. The van der Waals surface area contributed by atoms with Crippen molar-refractivity contribution >= 4 is 28.9 Å². The quantitative estimate of drug-likeness (QED) is 0.326. The second-order valence-electron chi connectivity index (χ2n) is 9.38. The minimum Gasteiger partial charge on any atom is -0.455 e. The molecule has 0 bridgehead atoms. The molecular formula is C27H26ClF3N8O2. The van der Waals surface area contributed by atoms with E-state index in [-0.39, 0.29) is 53.5 Å². The van der Waals surface area contributed by atoms with Gasteiger partial charge in [-0.3, -0.25) is 9.69 Å². The molecule has 2 aromatic carbocycles. The summed E-state index contributed by atoms with van der Waals surface area (Å²) in [6.07, 6.45) is -0.370. The predicted octanol–water partition coefficient (Wildman–Crippen LogP) is 4.46. The van der Waals surface area contributed by atoms with Gasteiger partial charge in [-0.25, -0.2) is 4.68 Å². The highest BCUT2D eigenvalue weighted by Crippen LogP contribution is 2.48. The normalized spacial score (nSPS) is 16.0. The number of likely N-dealkylation sites (N-methyl/N-ethyl adjacent to an activating group) is 1. The average molecular weight is 587 g/mol. The van der Waals surface area contributed by atoms with E-state index in [4.69, 9.17) is 22.1 Å². The molecule has 0 spiro atoms. The third kappa shape index (κ3) is 6.11. The lowest BCUT2D eigenvalue weighted by Crippen LogP contribution is -2.54. The number of aromatic nitrogens is 4. The van der Waals surface area contributed by atoms with Gasteiger partial charge < -0.3 is 20.7 Å². The number of ether oxygens (including phenoxy) is 1. The number of benzene rings is 2. The van der Waals surface area contributed by atoms with Crippen LogP contribution in [0.4, 0.5) is 24.5 Å². The van der Waals surface area contributed by atoms with Crippen molar-refractivity contribution in [2.24, 2.45) is 5.73 Å². The lowest BCUT2D eigenvalue weighted by atomic mass is 10.0. The lowest BCUT2D eigenvalue weighted by Gasteiger charge is -2.41. The zero-order chi connectivity index (χ0) is 29.1. The van der Waals surface area contributed by atoms with Gasteiger partial charge in [-0.05, 0) is 43.4 Å². The molecule has 1 aliphatic rings. The summed E-state index contributed by atoms with van der Waals surface area (Å²) in [5.41, 5.74) is 5.18. The van der Waals surface area contributed by atoms with E-state index in [0.717, 1.165) is 0 Å². The highest BCUT2D eigenvalue weighted by molar-refractivity contribution is 6.32. The standard InChI is InChI=1S/C27H26ClF3N8O2/c1-37-12-13-38(16-18(37)14-32)25-20(35-26(40)21-9-11-39(36-21)17-8-10-33-34-15-17)6-7-23(24(25)27(29,30)31)41-22-5-3-2-4-19(22)28/h2-11,15,18H,12-14,16,32H2,1H3,(H,35,40)/t18-/m0/s1. The Balaban J connectivity index is 1.57. The third-order valence-electron chi connectivity index (χ3n) is 6.75. The third-order valence-corrected chi connectivity index (χ3v) is 7.06. The molecular weight excluding hydrogens is 561 g/mol. The summed E-state index contributed by atoms with van der Waals surface area (Å²) in [5.74, 6) is -1.07. The molecule has 41 heavy (non-hydrogen) atoms. The minimum atomic E-state index is -4.84. The molecule has 0 saturated carbocycles. The first-order valence-electron chi connectivity index (χ1n) is 12.6. The molecule has 1 fully saturated rings. The summed E-state index contributed by atoms with van der Waals surface area (Å²) in [6.45, 7) is 1.18. The number of hydrogen-bond donors (Lipinski definition) is 2. The fourth-order valence-electron chi connectivity index (χ4n) is 4.61. The van der Waals surface area contributed by atoms with E-state index in [0.29, 0.717) is 12.2 Å². The van der Waals surface area contributed by atoms with Crippen LogP contribution < -0.4 is 20.7 Å². The number of hydrogen-bond acceptors (Lipinski definition) is 8. The van der Waals surface area contributed by atoms with Gasteiger partial charge in [0.25, 0.3) is 5.91 Å². The smallest absolute Gasteiger partial charge is 0.422 e. The molecule has 214 valence electrons. The van der Waals surface area contributed by atoms with Gasteiger partial charge in [-0.15, -0.1) is 0 Å². The molecule has 5 rings (SSSR count). The molecule has 3 heterocycles. The molecule has 10 nitrogen and oxygen atoms in total. The van der Waals surface area contributed by atoms with Crippen LogP contribution in [0.2, 0.25) is 5.02 Å². The van der Waals surface area contributed by atoms with Crippen LogP contribution in [-0.2, 0) is 6.18 Å². The van der Waals surface area contributed by atoms with Crippen molar-refractivity contribution in [1.29, 1.82) is 0 Å². The van der Waals surface area contributed by atoms with Crippen molar-refractivity contribution < 1.29 is 22.7 Å². The summed E-state index contributed by atoms with van der Waals surface area (Å²) in [6, 6.07) is 11.7. The van der Waals surface area contributed by atoms with Crippen molar-refractivity contribution in [3.8, 4) is 17.2 Å². The van der Waals surface area contributed by atoms with Gasteiger partial charge in [0, 0.05) is 38.4 Å². The highest BCUT2D eigenvalue weighted by atomic mass is 35.5. The second-order valence-corrected chi connectivity index (χ2v) is 9.79. The first-order chi connectivity index (χ1) is 19.7. The molecule has 2 aromatic heterocycles. The van der Waals surface area contributed by atoms with Gasteiger partial charge in [0.2, 0.25) is 0 Å². The van der Waals surface area contributed by atoms with Gasteiger partial charge in [-0.2, -0.15) is 28.5 Å². The number of alkyl halides is 3. The predicted molar refractivity (Wildman–Crippen MR) is 148 cm³/mol. The van der Waals surface area contributed by atoms with Crippen LogP contribution in [0.5, 0.6) is 11.5 Å². The topological polar surface area (TPSA) is 114 Å². The minimum absolute atomic E-state index is 0.00377. The maximum Gasteiger partial charge on any atom is 0.422 e. The van der Waals surface area contributed by atoms with Gasteiger partial charge in [0.1, 0.15) is 17.1 Å². The first-order valence-corrected chi connectivity index (χ1v) is 13.0. The molecule has 1 atom stereocenters. The van der Waals surface area contributed by atoms with Gasteiger partial charge in [-0.1, -0.05) is 23.7 Å². The highest BCUT2D eigenvalue weighted by Gasteiger charge is 2.42. The number of amides is 1. The van der Waals surface area contributed by atoms with Crippen LogP contribution in [0, 0.1) is 0 Å². The maximum atomic E-state index is 14.8. The average Bonchev–Trinajstić information content (AvgIpc) is 3.46. The largest absolute Gasteiger partial charge is 0.455 e. The van der Waals surface area contributed by atoms with Gasteiger partial charge in [0.15, 0.2) is 5.69 Å². The number of carbonyl (C=O) groups is 1. The van der Waals surface area contributed by atoms with Crippen molar-refractivity contribution in [2.75, 3.05) is 43.4 Å². The Hall–Kier alpha value is -4.20. The number of rotatable bonds is 7. The Labute approximate surface area is 238 Å². The maximum absolute atomic E-state index is 14.8. The second kappa shape index (κ2) is 11.7. The van der Waals surface area contributed by atoms with E-state index in [1.807, 2.05) is 11.9 Å². The summed E-state index contributed by atoms with van der Waals surface area (Å²) in [5, 5.41) is 14.5. The fourth-order valence-corrected chi connectivity index (χ4v) is 4.78. The molecule has 0 aliphatic carbocycles. The molecule has 1 aliphatic heterocycles. The number of halogens is 4. The molecule has 0 radical (unpaired) electrons. The Morgan fingerprint density at radius 3 is 2.63 bits per heavy atom. The molecule has 1 amide bonds. The number of nitrogens with two attached hydrogens (primary N) is 1. The van der Waals surface area contributed by atoms with Crippen LogP contribution in [0.15, 0.2) is 67.1 Å². The van der Waals surface area contributed by atoms with E-state index >= 15 is 0 Å². The van der Waals surface area contributed by atoms with Crippen LogP contribution in [-0.4, -0.2) is 70.1 Å². The Kier molecular flexibility index (Phi) is 8.10. The zero-order valence-electron chi connectivity index (χ0n) is 21.8. The van der Waals surface area contributed by atoms with Crippen LogP contribution in [0.25, 0.3) is 5.69 Å². The zero-order valence-corrected chi connectivity index (χ0v) is 22.6. The van der Waals surface area contributed by atoms with Gasteiger partial charge >= 0.3 is 6.18 Å². The molecule has 3 N–H and O–H groups in total. The SMILES string of the molecule is CN1CCN(c2c(NC(=O)c3ccn(-c4ccnnc4)n3)ccc(Oc3ccccc3Cl)c2C(F)(F)F)C[C@@H]1CN. The summed E-state index contributed by atoms with van der Waals surface area (Å²) < 4.78 is 51.7. The lowest BCUT2D eigenvalue weighted by molar-refractivity contribution is -0.138. The Morgan fingerprint density at radius 1 is 1.12 bits per heavy atom. The number of para-hydroxylation sites is 1. The Morgan fingerprint density at radius 2 is 1.93 bits per heavy atom. The molecule has 1 saturated heterocycles. The number of anilines is 2. The van der Waals surface area contributed by atoms with E-state index in [1.165, 1.54) is 47.4 Å². The fraction of sp³-hybridized carbons (Fsp3) is 0.259. The van der Waals surface area contributed by atoms with Crippen molar-refractivity contribution in [3.05, 3.63) is 83.4 Å². The number of piperazine rings is 1. The van der Waals surface area contributed by atoms with E-state index in [2.05, 4.69) is 20.6 Å². The Bertz CT molecular complexity index is 1530. The molecule has 0 unspecified atom stereocenters. The van der Waals surface area contributed by atoms with Crippen LogP contribution in [0.1, 0.15) is 16.1 Å². The molecule has 14 heteroatoms. The van der Waals surface area contributed by atoms with Crippen molar-refractivity contribution in [3.63, 3.8) is 0 Å². The van der Waals surface area contributed by atoms with Crippen LogP contribution in [0.3, 0.4) is 0 Å². The van der Waals surface area contributed by atoms with E-state index < -0.39 is 23.4 Å². The first kappa shape index (κ1) is 28.3. The summed E-state index contributed by atoms with van der Waals surface area (Å²) >= 11 is 6.19. The van der Waals surface area contributed by atoms with Crippen molar-refractivity contribution in [1.82, 2.24) is 24.9 Å². The van der Waals surface area contributed by atoms with E-state index in [1.54, 1.807) is 29.3 Å². The van der Waals surface area contributed by atoms with Crippen LogP contribution >= 0.6 is 11.6 Å².